The molecule has 1 aromatic carbocycles. The summed E-state index contributed by atoms with van der Waals surface area (Å²) < 4.78 is 18.6. The van der Waals surface area contributed by atoms with E-state index in [0.29, 0.717) is 11.6 Å². The van der Waals surface area contributed by atoms with Crippen molar-refractivity contribution in [1.82, 2.24) is 4.98 Å². The van der Waals surface area contributed by atoms with E-state index in [0.717, 1.165) is 37.1 Å². The first kappa shape index (κ1) is 16.1. The van der Waals surface area contributed by atoms with E-state index < -0.39 is 0 Å². The van der Waals surface area contributed by atoms with Crippen LogP contribution in [0.25, 0.3) is 11.3 Å². The molecule has 0 saturated carbocycles. The van der Waals surface area contributed by atoms with Crippen LogP contribution in [-0.4, -0.2) is 23.6 Å². The van der Waals surface area contributed by atoms with Gasteiger partial charge in [-0.15, -0.1) is 11.3 Å². The highest BCUT2D eigenvalue weighted by atomic mass is 32.1. The van der Waals surface area contributed by atoms with Crippen LogP contribution in [0.4, 0.5) is 9.52 Å². The Balaban J connectivity index is 1.51. The van der Waals surface area contributed by atoms with E-state index in [1.165, 1.54) is 29.9 Å². The molecule has 1 atom stereocenters. The molecule has 0 spiro atoms. The predicted octanol–water partition coefficient (Wildman–Crippen LogP) is 4.24. The standard InChI is InChI=1S/C17H19FN2O2S/c18-13-6-4-12(5-7-13)15-11-23-17(19-15)20-16(21)9-8-14-3-1-2-10-22-14/h4-7,11,14H,1-3,8-10H2,(H,19,20,21). The van der Waals surface area contributed by atoms with Gasteiger partial charge in [0, 0.05) is 24.0 Å². The van der Waals surface area contributed by atoms with E-state index in [4.69, 9.17) is 4.74 Å². The average Bonchev–Trinajstić information content (AvgIpc) is 3.03. The number of benzene rings is 1. The van der Waals surface area contributed by atoms with Crippen LogP contribution >= 0.6 is 11.3 Å². The van der Waals surface area contributed by atoms with Crippen LogP contribution < -0.4 is 5.32 Å². The lowest BCUT2D eigenvalue weighted by molar-refractivity contribution is -0.117. The highest BCUT2D eigenvalue weighted by Crippen LogP contribution is 2.25. The number of nitrogens with one attached hydrogen (secondary N) is 1. The van der Waals surface area contributed by atoms with Crippen molar-refractivity contribution in [2.75, 3.05) is 11.9 Å². The fourth-order valence-corrected chi connectivity index (χ4v) is 3.33. The quantitative estimate of drug-likeness (QED) is 0.890. The van der Waals surface area contributed by atoms with E-state index in [2.05, 4.69) is 10.3 Å². The number of ether oxygens (including phenoxy) is 1. The Kier molecular flexibility index (Phi) is 5.35. The summed E-state index contributed by atoms with van der Waals surface area (Å²) in [7, 11) is 0. The van der Waals surface area contributed by atoms with Crippen molar-refractivity contribution in [3.8, 4) is 11.3 Å². The number of amides is 1. The van der Waals surface area contributed by atoms with Gasteiger partial charge in [0.05, 0.1) is 11.8 Å². The number of hydrogen-bond acceptors (Lipinski definition) is 4. The largest absolute Gasteiger partial charge is 0.378 e. The second-order valence-corrected chi connectivity index (χ2v) is 6.48. The molecular weight excluding hydrogens is 315 g/mol. The molecule has 2 aromatic rings. The summed E-state index contributed by atoms with van der Waals surface area (Å²) in [6, 6.07) is 6.15. The van der Waals surface area contributed by atoms with Crippen molar-refractivity contribution < 1.29 is 13.9 Å². The first-order valence-corrected chi connectivity index (χ1v) is 8.71. The van der Waals surface area contributed by atoms with Gasteiger partial charge in [-0.2, -0.15) is 0 Å². The molecule has 1 saturated heterocycles. The Bertz CT molecular complexity index is 651. The molecule has 3 rings (SSSR count). The highest BCUT2D eigenvalue weighted by Gasteiger charge is 2.16. The first-order chi connectivity index (χ1) is 11.2. The minimum atomic E-state index is -0.276. The number of aromatic nitrogens is 1. The zero-order chi connectivity index (χ0) is 16.1. The summed E-state index contributed by atoms with van der Waals surface area (Å²) in [4.78, 5) is 16.4. The third kappa shape index (κ3) is 4.59. The van der Waals surface area contributed by atoms with Crippen LogP contribution in [0, 0.1) is 5.82 Å². The maximum Gasteiger partial charge on any atom is 0.226 e. The number of halogens is 1. The number of carbonyl (C=O) groups is 1. The van der Waals surface area contributed by atoms with Gasteiger partial charge >= 0.3 is 0 Å². The summed E-state index contributed by atoms with van der Waals surface area (Å²) in [5.41, 5.74) is 1.57. The Hall–Kier alpha value is -1.79. The smallest absolute Gasteiger partial charge is 0.226 e. The maximum atomic E-state index is 12.9. The van der Waals surface area contributed by atoms with Crippen molar-refractivity contribution in [3.63, 3.8) is 0 Å². The zero-order valence-corrected chi connectivity index (χ0v) is 13.6. The molecule has 122 valence electrons. The predicted molar refractivity (Wildman–Crippen MR) is 89.0 cm³/mol. The molecule has 1 unspecified atom stereocenters. The molecule has 2 heterocycles. The zero-order valence-electron chi connectivity index (χ0n) is 12.8. The molecule has 0 aliphatic carbocycles. The fraction of sp³-hybridized carbons (Fsp3) is 0.412. The van der Waals surface area contributed by atoms with Crippen molar-refractivity contribution in [1.29, 1.82) is 0 Å². The van der Waals surface area contributed by atoms with Gasteiger partial charge in [0.1, 0.15) is 5.82 Å². The number of hydrogen-bond donors (Lipinski definition) is 1. The molecule has 6 heteroatoms. The topological polar surface area (TPSA) is 51.2 Å². The lowest BCUT2D eigenvalue weighted by Crippen LogP contribution is -2.21. The van der Waals surface area contributed by atoms with Gasteiger partial charge in [-0.3, -0.25) is 4.79 Å². The number of carbonyl (C=O) groups excluding carboxylic acids is 1. The van der Waals surface area contributed by atoms with Crippen LogP contribution in [0.15, 0.2) is 29.6 Å². The molecule has 1 amide bonds. The molecule has 1 fully saturated rings. The van der Waals surface area contributed by atoms with Gasteiger partial charge in [-0.05, 0) is 49.9 Å². The van der Waals surface area contributed by atoms with Crippen molar-refractivity contribution in [2.45, 2.75) is 38.2 Å². The van der Waals surface area contributed by atoms with Gasteiger partial charge in [-0.1, -0.05) is 0 Å². The molecule has 0 bridgehead atoms. The highest BCUT2D eigenvalue weighted by molar-refractivity contribution is 7.14. The summed E-state index contributed by atoms with van der Waals surface area (Å²) in [6.07, 6.45) is 4.74. The second-order valence-electron chi connectivity index (χ2n) is 5.62. The van der Waals surface area contributed by atoms with Crippen LogP contribution in [0.2, 0.25) is 0 Å². The Morgan fingerprint density at radius 1 is 1.35 bits per heavy atom. The van der Waals surface area contributed by atoms with Gasteiger partial charge in [0.15, 0.2) is 5.13 Å². The summed E-state index contributed by atoms with van der Waals surface area (Å²) in [6.45, 7) is 0.805. The molecular formula is C17H19FN2O2S. The Labute approximate surface area is 138 Å². The minimum Gasteiger partial charge on any atom is -0.378 e. The third-order valence-corrected chi connectivity index (χ3v) is 4.62. The van der Waals surface area contributed by atoms with E-state index in [1.807, 2.05) is 5.38 Å². The first-order valence-electron chi connectivity index (χ1n) is 7.83. The van der Waals surface area contributed by atoms with Gasteiger partial charge in [0.2, 0.25) is 5.91 Å². The maximum absolute atomic E-state index is 12.9. The number of nitrogens with zero attached hydrogens (tertiary/aromatic N) is 1. The number of thiazole rings is 1. The van der Waals surface area contributed by atoms with Crippen molar-refractivity contribution >= 4 is 22.4 Å². The van der Waals surface area contributed by atoms with Gasteiger partial charge in [0.25, 0.3) is 0 Å². The van der Waals surface area contributed by atoms with E-state index in [9.17, 15) is 9.18 Å². The van der Waals surface area contributed by atoms with Crippen LogP contribution in [0.1, 0.15) is 32.1 Å². The van der Waals surface area contributed by atoms with Crippen LogP contribution in [-0.2, 0) is 9.53 Å². The van der Waals surface area contributed by atoms with E-state index in [1.54, 1.807) is 12.1 Å². The monoisotopic (exact) mass is 334 g/mol. The molecule has 23 heavy (non-hydrogen) atoms. The number of rotatable bonds is 5. The molecule has 1 aromatic heterocycles. The van der Waals surface area contributed by atoms with Crippen molar-refractivity contribution in [3.05, 3.63) is 35.5 Å². The Morgan fingerprint density at radius 3 is 2.91 bits per heavy atom. The van der Waals surface area contributed by atoms with E-state index >= 15 is 0 Å². The van der Waals surface area contributed by atoms with Crippen molar-refractivity contribution in [2.24, 2.45) is 0 Å². The average molecular weight is 334 g/mol. The molecule has 1 N–H and O–H groups in total. The lowest BCUT2D eigenvalue weighted by Gasteiger charge is -2.21. The minimum absolute atomic E-state index is 0.0424. The third-order valence-electron chi connectivity index (χ3n) is 3.86. The molecule has 0 radical (unpaired) electrons. The second kappa shape index (κ2) is 7.66. The molecule has 1 aliphatic rings. The lowest BCUT2D eigenvalue weighted by atomic mass is 10.0. The molecule has 4 nitrogen and oxygen atoms in total. The summed E-state index contributed by atoms with van der Waals surface area (Å²) in [5, 5.41) is 5.24. The summed E-state index contributed by atoms with van der Waals surface area (Å²) in [5.74, 6) is -0.318. The summed E-state index contributed by atoms with van der Waals surface area (Å²) >= 11 is 1.37. The fourth-order valence-electron chi connectivity index (χ4n) is 2.59. The van der Waals surface area contributed by atoms with Crippen LogP contribution in [0.3, 0.4) is 0 Å². The SMILES string of the molecule is O=C(CCC1CCCCO1)Nc1nc(-c2ccc(F)cc2)cs1. The Morgan fingerprint density at radius 2 is 2.17 bits per heavy atom. The van der Waals surface area contributed by atoms with Crippen LogP contribution in [0.5, 0.6) is 0 Å². The molecule has 1 aliphatic heterocycles. The number of anilines is 1. The normalized spacial score (nSPS) is 17.9. The van der Waals surface area contributed by atoms with E-state index in [-0.39, 0.29) is 17.8 Å². The van der Waals surface area contributed by atoms with Gasteiger partial charge in [-0.25, -0.2) is 9.37 Å². The van der Waals surface area contributed by atoms with Gasteiger partial charge < -0.3 is 10.1 Å².